The number of nitrogens with two attached hydrogens (primary N) is 1. The van der Waals surface area contributed by atoms with E-state index in [2.05, 4.69) is 10.1 Å². The lowest BCUT2D eigenvalue weighted by molar-refractivity contribution is -0.320. The summed E-state index contributed by atoms with van der Waals surface area (Å²) in [6.45, 7) is -0.609. The van der Waals surface area contributed by atoms with Crippen LogP contribution in [-0.4, -0.2) is 37.2 Å². The van der Waals surface area contributed by atoms with Crippen LogP contribution in [0.15, 0.2) is 0 Å². The maximum absolute atomic E-state index is 11.7. The van der Waals surface area contributed by atoms with Crippen LogP contribution in [-0.2, 0) is 14.3 Å². The molecule has 1 rings (SSSR count). The summed E-state index contributed by atoms with van der Waals surface area (Å²) in [6.07, 6.45) is -4.26. The Hall–Kier alpha value is -1.15. The van der Waals surface area contributed by atoms with Crippen molar-refractivity contribution < 1.29 is 27.5 Å². The smallest absolute Gasteiger partial charge is 0.356 e. The molecule has 1 aliphatic rings. The zero-order valence-corrected chi connectivity index (χ0v) is 8.92. The van der Waals surface area contributed by atoms with Gasteiger partial charge in [-0.05, 0) is 12.8 Å². The van der Waals surface area contributed by atoms with Gasteiger partial charge in [0, 0.05) is 12.5 Å². The van der Waals surface area contributed by atoms with E-state index in [0.29, 0.717) is 13.0 Å². The van der Waals surface area contributed by atoms with Gasteiger partial charge in [0.05, 0.1) is 6.04 Å². The van der Waals surface area contributed by atoms with Crippen LogP contribution in [0.25, 0.3) is 0 Å². The topological polar surface area (TPSA) is 81.4 Å². The number of carbonyl (C=O) groups is 2. The van der Waals surface area contributed by atoms with Gasteiger partial charge >= 0.3 is 6.36 Å². The highest BCUT2D eigenvalue weighted by molar-refractivity contribution is 5.86. The molecule has 0 saturated carbocycles. The molecular weight excluding hydrogens is 241 g/mol. The molecule has 1 fully saturated rings. The Bertz CT molecular complexity index is 306. The van der Waals surface area contributed by atoms with E-state index in [1.165, 1.54) is 0 Å². The molecule has 3 N–H and O–H groups in total. The van der Waals surface area contributed by atoms with Crippen molar-refractivity contribution in [3.63, 3.8) is 0 Å². The monoisotopic (exact) mass is 254 g/mol. The van der Waals surface area contributed by atoms with Gasteiger partial charge in [-0.2, -0.15) is 0 Å². The van der Waals surface area contributed by atoms with Gasteiger partial charge in [0.25, 0.3) is 0 Å². The van der Waals surface area contributed by atoms with Crippen LogP contribution in [0.1, 0.15) is 12.8 Å². The maximum atomic E-state index is 11.7. The average molecular weight is 254 g/mol. The predicted octanol–water partition coefficient (Wildman–Crippen LogP) is -0.0546. The molecule has 0 aromatic rings. The molecule has 98 valence electrons. The maximum Gasteiger partial charge on any atom is 0.522 e. The standard InChI is InChI=1S/C9H13F3N2O3/c10-9(11,12)17-4-7(15)6(13)3-5-1-2-14-8(5)16/h5-6H,1-4,13H2,(H,14,16). The first-order valence-electron chi connectivity index (χ1n) is 5.06. The number of carbonyl (C=O) groups excluding carboxylic acids is 2. The van der Waals surface area contributed by atoms with E-state index in [-0.39, 0.29) is 12.3 Å². The molecule has 1 aliphatic heterocycles. The Balaban J connectivity index is 2.34. The molecule has 8 heteroatoms. The minimum atomic E-state index is -4.85. The first kappa shape index (κ1) is 13.9. The lowest BCUT2D eigenvalue weighted by atomic mass is 9.97. The van der Waals surface area contributed by atoms with E-state index in [0.717, 1.165) is 0 Å². The molecule has 5 nitrogen and oxygen atoms in total. The first-order chi connectivity index (χ1) is 7.79. The molecule has 0 radical (unpaired) electrons. The molecule has 0 aliphatic carbocycles. The Morgan fingerprint density at radius 2 is 2.24 bits per heavy atom. The van der Waals surface area contributed by atoms with Crippen LogP contribution >= 0.6 is 0 Å². The predicted molar refractivity (Wildman–Crippen MR) is 50.7 cm³/mol. The second-order valence-electron chi connectivity index (χ2n) is 3.82. The number of nitrogens with one attached hydrogen (secondary N) is 1. The summed E-state index contributed by atoms with van der Waals surface area (Å²) >= 11 is 0. The minimum absolute atomic E-state index is 0.0475. The Labute approximate surface area is 95.5 Å². The molecule has 0 bridgehead atoms. The molecule has 2 unspecified atom stereocenters. The number of hydrogen-bond donors (Lipinski definition) is 2. The highest BCUT2D eigenvalue weighted by atomic mass is 19.4. The van der Waals surface area contributed by atoms with Crippen molar-refractivity contribution in [3.05, 3.63) is 0 Å². The van der Waals surface area contributed by atoms with Gasteiger partial charge in [-0.3, -0.25) is 14.3 Å². The van der Waals surface area contributed by atoms with Gasteiger partial charge in [0.15, 0.2) is 5.78 Å². The van der Waals surface area contributed by atoms with Gasteiger partial charge < -0.3 is 11.1 Å². The van der Waals surface area contributed by atoms with E-state index in [9.17, 15) is 22.8 Å². The van der Waals surface area contributed by atoms with E-state index in [1.54, 1.807) is 0 Å². The van der Waals surface area contributed by atoms with Crippen LogP contribution in [0.3, 0.4) is 0 Å². The van der Waals surface area contributed by atoms with E-state index >= 15 is 0 Å². The number of alkyl halides is 3. The molecular formula is C9H13F3N2O3. The molecule has 1 amide bonds. The Kier molecular flexibility index (Phi) is 4.47. The summed E-state index contributed by atoms with van der Waals surface area (Å²) in [5.41, 5.74) is 5.41. The summed E-state index contributed by atoms with van der Waals surface area (Å²) in [6, 6.07) is -1.11. The second kappa shape index (κ2) is 5.46. The molecule has 0 aromatic heterocycles. The summed E-state index contributed by atoms with van der Waals surface area (Å²) in [5, 5.41) is 2.55. The van der Waals surface area contributed by atoms with Crippen molar-refractivity contribution in [2.75, 3.05) is 13.2 Å². The largest absolute Gasteiger partial charge is 0.522 e. The highest BCUT2D eigenvalue weighted by Crippen LogP contribution is 2.18. The number of halogens is 3. The fourth-order valence-electron chi connectivity index (χ4n) is 1.57. The highest BCUT2D eigenvalue weighted by Gasteiger charge is 2.33. The van der Waals surface area contributed by atoms with Gasteiger partial charge in [-0.1, -0.05) is 0 Å². The summed E-state index contributed by atoms with van der Waals surface area (Å²) in [7, 11) is 0. The molecule has 1 saturated heterocycles. The summed E-state index contributed by atoms with van der Waals surface area (Å²) in [4.78, 5) is 22.4. The third-order valence-electron chi connectivity index (χ3n) is 2.49. The van der Waals surface area contributed by atoms with Crippen molar-refractivity contribution in [3.8, 4) is 0 Å². The lowest BCUT2D eigenvalue weighted by Crippen LogP contribution is -2.38. The van der Waals surface area contributed by atoms with Crippen LogP contribution in [0.2, 0.25) is 0 Å². The zero-order chi connectivity index (χ0) is 13.1. The lowest BCUT2D eigenvalue weighted by Gasteiger charge is -2.14. The van der Waals surface area contributed by atoms with Crippen LogP contribution in [0, 0.1) is 5.92 Å². The summed E-state index contributed by atoms with van der Waals surface area (Å²) in [5.74, 6) is -1.48. The van der Waals surface area contributed by atoms with Crippen molar-refractivity contribution >= 4 is 11.7 Å². The number of Topliss-reactive ketones (excluding diaryl/α,β-unsaturated/α-hetero) is 1. The third-order valence-corrected chi connectivity index (χ3v) is 2.49. The minimum Gasteiger partial charge on any atom is -0.356 e. The van der Waals surface area contributed by atoms with E-state index in [1.807, 2.05) is 0 Å². The van der Waals surface area contributed by atoms with Crippen molar-refractivity contribution in [1.82, 2.24) is 5.32 Å². The average Bonchev–Trinajstić information content (AvgIpc) is 2.59. The second-order valence-corrected chi connectivity index (χ2v) is 3.82. The first-order valence-corrected chi connectivity index (χ1v) is 5.06. The van der Waals surface area contributed by atoms with Crippen LogP contribution in [0.5, 0.6) is 0 Å². The molecule has 2 atom stereocenters. The number of ketones is 1. The number of ether oxygens (including phenoxy) is 1. The quantitative estimate of drug-likeness (QED) is 0.720. The fraction of sp³-hybridized carbons (Fsp3) is 0.778. The van der Waals surface area contributed by atoms with Crippen LogP contribution < -0.4 is 11.1 Å². The van der Waals surface area contributed by atoms with Crippen molar-refractivity contribution in [2.24, 2.45) is 11.7 Å². The van der Waals surface area contributed by atoms with Crippen LogP contribution in [0.4, 0.5) is 13.2 Å². The van der Waals surface area contributed by atoms with E-state index < -0.39 is 30.7 Å². The molecule has 17 heavy (non-hydrogen) atoms. The normalized spacial score (nSPS) is 22.4. The molecule has 1 heterocycles. The Morgan fingerprint density at radius 1 is 1.59 bits per heavy atom. The van der Waals surface area contributed by atoms with Crippen molar-refractivity contribution in [1.29, 1.82) is 0 Å². The third kappa shape index (κ3) is 4.70. The molecule has 0 aromatic carbocycles. The fourth-order valence-corrected chi connectivity index (χ4v) is 1.57. The van der Waals surface area contributed by atoms with Gasteiger partial charge in [-0.15, -0.1) is 13.2 Å². The number of rotatable bonds is 5. The van der Waals surface area contributed by atoms with Gasteiger partial charge in [-0.25, -0.2) is 0 Å². The number of hydrogen-bond acceptors (Lipinski definition) is 4. The van der Waals surface area contributed by atoms with E-state index in [4.69, 9.17) is 5.73 Å². The summed E-state index contributed by atoms with van der Waals surface area (Å²) < 4.78 is 38.4. The van der Waals surface area contributed by atoms with Crippen molar-refractivity contribution in [2.45, 2.75) is 25.2 Å². The number of amides is 1. The molecule has 0 spiro atoms. The van der Waals surface area contributed by atoms with Gasteiger partial charge in [0.2, 0.25) is 5.91 Å². The zero-order valence-electron chi connectivity index (χ0n) is 8.92. The van der Waals surface area contributed by atoms with Gasteiger partial charge in [0.1, 0.15) is 6.61 Å². The Morgan fingerprint density at radius 3 is 2.71 bits per heavy atom. The SMILES string of the molecule is NC(CC1CCNC1=O)C(=O)COC(F)(F)F.